The summed E-state index contributed by atoms with van der Waals surface area (Å²) in [7, 11) is 4.47. The number of quaternary nitrogens is 1. The summed E-state index contributed by atoms with van der Waals surface area (Å²) in [4.78, 5) is 0. The van der Waals surface area contributed by atoms with E-state index in [-0.39, 0.29) is 0 Å². The Labute approximate surface area is 48.2 Å². The van der Waals surface area contributed by atoms with Crippen molar-refractivity contribution in [1.82, 2.24) is 0 Å². The first-order valence-corrected chi connectivity index (χ1v) is 2.94. The van der Waals surface area contributed by atoms with Gasteiger partial charge in [0.05, 0.1) is 0 Å². The highest BCUT2D eigenvalue weighted by Gasteiger charge is 2.04. The molecule has 1 nitrogen and oxygen atoms in total. The van der Waals surface area contributed by atoms with Gasteiger partial charge in [-0.05, 0) is 13.8 Å². The van der Waals surface area contributed by atoms with Crippen LogP contribution in [0, 0.1) is 0 Å². The van der Waals surface area contributed by atoms with Gasteiger partial charge in [-0.25, -0.2) is 0 Å². The first kappa shape index (κ1) is 7.09. The third-order valence-corrected chi connectivity index (χ3v) is 1.71. The lowest BCUT2D eigenvalue weighted by Gasteiger charge is -2.29. The fourth-order valence-corrected chi connectivity index (χ4v) is 0.224. The molecule has 0 atom stereocenters. The lowest BCUT2D eigenvalue weighted by Crippen LogP contribution is -2.42. The molecule has 3 heteroatoms. The van der Waals surface area contributed by atoms with Gasteiger partial charge in [0.25, 0.3) is 0 Å². The molecule has 0 saturated carbocycles. The van der Waals surface area contributed by atoms with Crippen LogP contribution in [0.3, 0.4) is 0 Å². The standard InChI is InChI=1S/C4H14B2N/c1-3-7(5,6)4-2/h3-6H2,1-2H3/q+1. The number of hydrogen-bond acceptors (Lipinski definition) is 0. The molecule has 0 aliphatic rings. The maximum atomic E-state index is 2.24. The average Bonchev–Trinajstić information content (AvgIpc) is 1.68. The summed E-state index contributed by atoms with van der Waals surface area (Å²) in [6.07, 6.45) is 0. The van der Waals surface area contributed by atoms with Crippen molar-refractivity contribution in [3.8, 4) is 0 Å². The van der Waals surface area contributed by atoms with Gasteiger partial charge in [0.15, 0.2) is 0 Å². The van der Waals surface area contributed by atoms with Crippen molar-refractivity contribution in [2.45, 2.75) is 13.8 Å². The second-order valence-electron chi connectivity index (χ2n) is 2.57. The van der Waals surface area contributed by atoms with Crippen molar-refractivity contribution in [1.29, 1.82) is 0 Å². The number of rotatable bonds is 2. The monoisotopic (exact) mass is 98.1 g/mol. The normalized spacial score (nSPS) is 11.7. The first-order valence-electron chi connectivity index (χ1n) is 2.94. The molecule has 0 bridgehead atoms. The van der Waals surface area contributed by atoms with Crippen LogP contribution in [0.4, 0.5) is 0 Å². The van der Waals surface area contributed by atoms with E-state index in [9.17, 15) is 0 Å². The van der Waals surface area contributed by atoms with Crippen LogP contribution in [0.25, 0.3) is 0 Å². The molecule has 0 saturated heterocycles. The summed E-state index contributed by atoms with van der Waals surface area (Å²) in [6, 6.07) is 0. The topological polar surface area (TPSA) is 0 Å². The molecule has 0 radical (unpaired) electrons. The molecule has 0 amide bonds. The van der Waals surface area contributed by atoms with E-state index >= 15 is 0 Å². The molecule has 0 spiro atoms. The highest BCUT2D eigenvalue weighted by atomic mass is 15.2. The Morgan fingerprint density at radius 2 is 1.43 bits per heavy atom. The molecule has 0 fully saturated rings. The molecule has 0 aromatic rings. The third kappa shape index (κ3) is 2.75. The van der Waals surface area contributed by atoms with Gasteiger partial charge in [0, 0.05) is 13.1 Å². The molecule has 0 aliphatic carbocycles. The number of hydrogen-bond donors (Lipinski definition) is 0. The van der Waals surface area contributed by atoms with Gasteiger partial charge < -0.3 is 4.31 Å². The number of nitrogens with zero attached hydrogens (tertiary/aromatic N) is 1. The molecule has 0 aliphatic heterocycles. The zero-order chi connectivity index (χ0) is 5.91. The van der Waals surface area contributed by atoms with Gasteiger partial charge in [0.2, 0.25) is 0 Å². The van der Waals surface area contributed by atoms with Gasteiger partial charge in [-0.3, -0.25) is 0 Å². The van der Waals surface area contributed by atoms with E-state index in [2.05, 4.69) is 29.8 Å². The van der Waals surface area contributed by atoms with Gasteiger partial charge in [-0.2, -0.15) is 0 Å². The molecule has 0 N–H and O–H groups in total. The molecule has 0 unspecified atom stereocenters. The van der Waals surface area contributed by atoms with Gasteiger partial charge >= 0.3 is 16.0 Å². The van der Waals surface area contributed by atoms with Crippen LogP contribution in [-0.2, 0) is 0 Å². The van der Waals surface area contributed by atoms with Crippen LogP contribution in [0.15, 0.2) is 0 Å². The predicted octanol–water partition coefficient (Wildman–Crippen LogP) is -1.06. The third-order valence-electron chi connectivity index (χ3n) is 1.71. The van der Waals surface area contributed by atoms with Gasteiger partial charge in [-0.15, -0.1) is 0 Å². The van der Waals surface area contributed by atoms with Crippen molar-refractivity contribution >= 4 is 16.0 Å². The summed E-state index contributed by atoms with van der Waals surface area (Å²) >= 11 is 0. The predicted molar refractivity (Wildman–Crippen MR) is 38.4 cm³/mol. The van der Waals surface area contributed by atoms with E-state index < -0.39 is 0 Å². The molecule has 0 aromatic carbocycles. The van der Waals surface area contributed by atoms with Crippen molar-refractivity contribution in [3.63, 3.8) is 0 Å². The molecular weight excluding hydrogens is 83.7 g/mol. The fraction of sp³-hybridized carbons (Fsp3) is 1.00. The van der Waals surface area contributed by atoms with Crippen LogP contribution in [0.5, 0.6) is 0 Å². The minimum Gasteiger partial charge on any atom is -0.479 e. The second kappa shape index (κ2) is 2.41. The molecule has 0 aromatic heterocycles. The molecule has 0 rings (SSSR count). The van der Waals surface area contributed by atoms with Gasteiger partial charge in [0.1, 0.15) is 0 Å². The molecule has 7 heavy (non-hydrogen) atoms. The Balaban J connectivity index is 3.36. The van der Waals surface area contributed by atoms with Gasteiger partial charge in [-0.1, -0.05) is 0 Å². The van der Waals surface area contributed by atoms with E-state index in [1.807, 2.05) is 0 Å². The van der Waals surface area contributed by atoms with Crippen LogP contribution < -0.4 is 0 Å². The minimum atomic E-state index is 1.14. The second-order valence-corrected chi connectivity index (χ2v) is 2.57. The zero-order valence-electron chi connectivity index (χ0n) is 5.86. The summed E-state index contributed by atoms with van der Waals surface area (Å²) < 4.78 is 1.14. The first-order chi connectivity index (χ1) is 3.12. The lowest BCUT2D eigenvalue weighted by atomic mass is 10.0. The van der Waals surface area contributed by atoms with E-state index in [4.69, 9.17) is 0 Å². The summed E-state index contributed by atoms with van der Waals surface area (Å²) in [6.45, 7) is 6.89. The Hall–Kier alpha value is 0.0899. The van der Waals surface area contributed by atoms with Crippen LogP contribution in [0.2, 0.25) is 0 Å². The van der Waals surface area contributed by atoms with Crippen molar-refractivity contribution < 1.29 is 4.31 Å². The van der Waals surface area contributed by atoms with E-state index in [1.165, 1.54) is 13.1 Å². The maximum absolute atomic E-state index is 2.24. The van der Waals surface area contributed by atoms with Crippen molar-refractivity contribution in [2.24, 2.45) is 0 Å². The van der Waals surface area contributed by atoms with Crippen LogP contribution in [0.1, 0.15) is 13.8 Å². The fourth-order valence-electron chi connectivity index (χ4n) is 0.224. The average molecular weight is 97.8 g/mol. The Morgan fingerprint density at radius 1 is 1.14 bits per heavy atom. The van der Waals surface area contributed by atoms with E-state index in [1.54, 1.807) is 0 Å². The van der Waals surface area contributed by atoms with Crippen molar-refractivity contribution in [3.05, 3.63) is 0 Å². The SMILES string of the molecule is B[N+](B)(CC)CC. The van der Waals surface area contributed by atoms with Crippen LogP contribution >= 0.6 is 0 Å². The van der Waals surface area contributed by atoms with Crippen molar-refractivity contribution in [2.75, 3.05) is 13.1 Å². The van der Waals surface area contributed by atoms with Crippen LogP contribution in [-0.4, -0.2) is 33.4 Å². The summed E-state index contributed by atoms with van der Waals surface area (Å²) in [5, 5.41) is 0. The highest BCUT2D eigenvalue weighted by Crippen LogP contribution is 1.88. The van der Waals surface area contributed by atoms with E-state index in [0.717, 1.165) is 4.31 Å². The summed E-state index contributed by atoms with van der Waals surface area (Å²) in [5.74, 6) is 0. The molecular formula is C4H14B2N+. The molecule has 0 heterocycles. The lowest BCUT2D eigenvalue weighted by molar-refractivity contribution is -0.689. The maximum Gasteiger partial charge on any atom is 0.351 e. The minimum absolute atomic E-state index is 1.14. The zero-order valence-corrected chi connectivity index (χ0v) is 5.86. The Morgan fingerprint density at radius 3 is 1.43 bits per heavy atom. The highest BCUT2D eigenvalue weighted by molar-refractivity contribution is 6.14. The van der Waals surface area contributed by atoms with E-state index in [0.29, 0.717) is 0 Å². The Kier molecular flexibility index (Phi) is 2.44. The largest absolute Gasteiger partial charge is 0.479 e. The summed E-state index contributed by atoms with van der Waals surface area (Å²) in [5.41, 5.74) is 0. The quantitative estimate of drug-likeness (QED) is 0.386. The smallest absolute Gasteiger partial charge is 0.351 e. The molecule has 40 valence electrons. The Bertz CT molecular complexity index is 47.7.